The smallest absolute Gasteiger partial charge is 0.408 e. The van der Waals surface area contributed by atoms with Crippen LogP contribution in [0.15, 0.2) is 30.5 Å². The van der Waals surface area contributed by atoms with Crippen LogP contribution in [0.25, 0.3) is 10.9 Å². The second kappa shape index (κ2) is 9.65. The van der Waals surface area contributed by atoms with Crippen molar-refractivity contribution in [2.24, 2.45) is 5.92 Å². The van der Waals surface area contributed by atoms with Crippen LogP contribution in [0.4, 0.5) is 4.79 Å². The number of carbonyl (C=O) groups excluding carboxylic acids is 3. The number of benzene rings is 1. The summed E-state index contributed by atoms with van der Waals surface area (Å²) in [5.41, 5.74) is 1.08. The molecule has 0 aliphatic heterocycles. The van der Waals surface area contributed by atoms with Crippen LogP contribution in [0.1, 0.15) is 40.2 Å². The summed E-state index contributed by atoms with van der Waals surface area (Å²) in [5, 5.41) is 6.29. The molecule has 0 fully saturated rings. The minimum absolute atomic E-state index is 0.184. The van der Waals surface area contributed by atoms with Gasteiger partial charge in [-0.05, 0) is 38.3 Å². The van der Waals surface area contributed by atoms with Crippen LogP contribution in [0, 0.1) is 5.92 Å². The molecule has 0 radical (unpaired) electrons. The average Bonchev–Trinajstić information content (AvgIpc) is 3.06. The maximum Gasteiger partial charge on any atom is 0.408 e. The first kappa shape index (κ1) is 23.3. The molecule has 2 aromatic rings. The van der Waals surface area contributed by atoms with Crippen molar-refractivity contribution in [3.8, 4) is 0 Å². The number of H-pyrrole nitrogens is 1. The Morgan fingerprint density at radius 2 is 1.77 bits per heavy atom. The largest absolute Gasteiger partial charge is 0.467 e. The molecule has 2 rings (SSSR count). The number of aromatic amines is 1. The van der Waals surface area contributed by atoms with Gasteiger partial charge in [-0.1, -0.05) is 32.0 Å². The zero-order chi connectivity index (χ0) is 22.5. The molecule has 1 aromatic carbocycles. The molecule has 164 valence electrons. The Hall–Kier alpha value is -3.03. The first-order valence-corrected chi connectivity index (χ1v) is 9.94. The van der Waals surface area contributed by atoms with Gasteiger partial charge in [-0.2, -0.15) is 0 Å². The lowest BCUT2D eigenvalue weighted by atomic mass is 10.0. The van der Waals surface area contributed by atoms with Crippen molar-refractivity contribution in [1.29, 1.82) is 0 Å². The Morgan fingerprint density at radius 3 is 2.37 bits per heavy atom. The third kappa shape index (κ3) is 6.23. The highest BCUT2D eigenvalue weighted by molar-refractivity contribution is 5.91. The van der Waals surface area contributed by atoms with E-state index in [1.807, 2.05) is 30.5 Å². The van der Waals surface area contributed by atoms with Crippen LogP contribution < -0.4 is 10.6 Å². The highest BCUT2D eigenvalue weighted by Crippen LogP contribution is 2.19. The number of methoxy groups -OCH3 is 1. The quantitative estimate of drug-likeness (QED) is 0.600. The van der Waals surface area contributed by atoms with Crippen molar-refractivity contribution in [3.63, 3.8) is 0 Å². The van der Waals surface area contributed by atoms with Gasteiger partial charge >= 0.3 is 12.1 Å². The maximum atomic E-state index is 13.0. The molecule has 0 unspecified atom stereocenters. The highest BCUT2D eigenvalue weighted by atomic mass is 16.6. The number of esters is 1. The first-order valence-electron chi connectivity index (χ1n) is 9.94. The number of amides is 2. The number of nitrogens with one attached hydrogen (secondary N) is 3. The average molecular weight is 418 g/mol. The Bertz CT molecular complexity index is 898. The third-order valence-electron chi connectivity index (χ3n) is 4.53. The number of fused-ring (bicyclic) bond motifs is 1. The molecular formula is C22H31N3O5. The number of aromatic nitrogens is 1. The van der Waals surface area contributed by atoms with Gasteiger partial charge in [0.25, 0.3) is 0 Å². The van der Waals surface area contributed by atoms with Crippen LogP contribution in [0.3, 0.4) is 0 Å². The number of ether oxygens (including phenoxy) is 2. The molecule has 30 heavy (non-hydrogen) atoms. The summed E-state index contributed by atoms with van der Waals surface area (Å²) in [4.78, 5) is 40.6. The van der Waals surface area contributed by atoms with Crippen molar-refractivity contribution >= 4 is 28.9 Å². The topological polar surface area (TPSA) is 110 Å². The van der Waals surface area contributed by atoms with E-state index >= 15 is 0 Å². The van der Waals surface area contributed by atoms with E-state index in [1.54, 1.807) is 34.6 Å². The number of hydrogen-bond acceptors (Lipinski definition) is 5. The lowest BCUT2D eigenvalue weighted by Gasteiger charge is -2.26. The first-order chi connectivity index (χ1) is 14.0. The van der Waals surface area contributed by atoms with E-state index in [-0.39, 0.29) is 12.3 Å². The molecule has 2 atom stereocenters. The Balaban J connectivity index is 2.26. The van der Waals surface area contributed by atoms with Gasteiger partial charge in [-0.15, -0.1) is 0 Å². The van der Waals surface area contributed by atoms with E-state index in [0.717, 1.165) is 16.5 Å². The number of alkyl carbamates (subject to hydrolysis) is 1. The highest BCUT2D eigenvalue weighted by Gasteiger charge is 2.31. The lowest BCUT2D eigenvalue weighted by Crippen LogP contribution is -2.54. The summed E-state index contributed by atoms with van der Waals surface area (Å²) < 4.78 is 10.1. The Morgan fingerprint density at radius 1 is 1.10 bits per heavy atom. The second-order valence-corrected chi connectivity index (χ2v) is 8.52. The second-order valence-electron chi connectivity index (χ2n) is 8.52. The van der Waals surface area contributed by atoms with Crippen molar-refractivity contribution in [2.75, 3.05) is 7.11 Å². The molecule has 0 spiro atoms. The van der Waals surface area contributed by atoms with E-state index in [9.17, 15) is 14.4 Å². The van der Waals surface area contributed by atoms with Crippen LogP contribution in [0.5, 0.6) is 0 Å². The zero-order valence-electron chi connectivity index (χ0n) is 18.4. The van der Waals surface area contributed by atoms with E-state index in [2.05, 4.69) is 15.6 Å². The van der Waals surface area contributed by atoms with Crippen molar-refractivity contribution in [2.45, 2.75) is 58.7 Å². The lowest BCUT2D eigenvalue weighted by molar-refractivity contribution is -0.146. The maximum absolute atomic E-state index is 13.0. The van der Waals surface area contributed by atoms with Gasteiger partial charge in [-0.25, -0.2) is 9.59 Å². The van der Waals surface area contributed by atoms with Gasteiger partial charge < -0.3 is 25.1 Å². The van der Waals surface area contributed by atoms with Crippen molar-refractivity contribution in [1.82, 2.24) is 15.6 Å². The van der Waals surface area contributed by atoms with Gasteiger partial charge in [0.2, 0.25) is 5.91 Å². The van der Waals surface area contributed by atoms with E-state index in [4.69, 9.17) is 9.47 Å². The van der Waals surface area contributed by atoms with E-state index in [1.165, 1.54) is 7.11 Å². The standard InChI is InChI=1S/C22H31N3O5/c1-13(2)18(20(27)29-6)25-19(26)17(24-21(28)30-22(3,4)5)11-14-12-23-16-10-8-7-9-15(14)16/h7-10,12-13,17-18,23H,11H2,1-6H3,(H,24,28)(H,25,26)/t17-,18-/m0/s1. The molecule has 3 N–H and O–H groups in total. The molecule has 0 aliphatic carbocycles. The summed E-state index contributed by atoms with van der Waals surface area (Å²) in [6.07, 6.45) is 1.32. The summed E-state index contributed by atoms with van der Waals surface area (Å²) >= 11 is 0. The molecule has 0 saturated heterocycles. The number of para-hydroxylation sites is 1. The van der Waals surface area contributed by atoms with E-state index < -0.39 is 35.7 Å². The summed E-state index contributed by atoms with van der Waals surface area (Å²) in [7, 11) is 1.27. The molecule has 1 heterocycles. The van der Waals surface area contributed by atoms with Crippen LogP contribution in [-0.2, 0) is 25.5 Å². The fraction of sp³-hybridized carbons (Fsp3) is 0.500. The number of hydrogen-bond donors (Lipinski definition) is 3. The van der Waals surface area contributed by atoms with Crippen LogP contribution in [0.2, 0.25) is 0 Å². The van der Waals surface area contributed by atoms with Gasteiger partial charge in [0.15, 0.2) is 0 Å². The van der Waals surface area contributed by atoms with Crippen molar-refractivity contribution in [3.05, 3.63) is 36.0 Å². The minimum Gasteiger partial charge on any atom is -0.467 e. The van der Waals surface area contributed by atoms with Gasteiger partial charge in [0.1, 0.15) is 17.7 Å². The molecule has 8 nitrogen and oxygen atoms in total. The van der Waals surface area contributed by atoms with Crippen molar-refractivity contribution < 1.29 is 23.9 Å². The van der Waals surface area contributed by atoms with E-state index in [0.29, 0.717) is 0 Å². The summed E-state index contributed by atoms with van der Waals surface area (Å²) in [5.74, 6) is -1.21. The monoisotopic (exact) mass is 417 g/mol. The molecule has 0 saturated carbocycles. The molecule has 2 amide bonds. The van der Waals surface area contributed by atoms with Crippen LogP contribution in [-0.4, -0.2) is 47.7 Å². The van der Waals surface area contributed by atoms with Gasteiger partial charge in [0.05, 0.1) is 7.11 Å². The van der Waals surface area contributed by atoms with Crippen LogP contribution >= 0.6 is 0 Å². The molecular weight excluding hydrogens is 386 g/mol. The fourth-order valence-corrected chi connectivity index (χ4v) is 3.06. The Kier molecular flexibility index (Phi) is 7.48. The molecule has 8 heteroatoms. The third-order valence-corrected chi connectivity index (χ3v) is 4.53. The normalized spacial score (nSPS) is 13.6. The molecule has 1 aromatic heterocycles. The van der Waals surface area contributed by atoms with Gasteiger partial charge in [0, 0.05) is 23.5 Å². The SMILES string of the molecule is COC(=O)[C@@H](NC(=O)[C@H](Cc1c[nH]c2ccccc12)NC(=O)OC(C)(C)C)C(C)C. The summed E-state index contributed by atoms with van der Waals surface area (Å²) in [6.45, 7) is 8.84. The predicted octanol–water partition coefficient (Wildman–Crippen LogP) is 2.92. The van der Waals surface area contributed by atoms with Gasteiger partial charge in [-0.3, -0.25) is 4.79 Å². The zero-order valence-corrected chi connectivity index (χ0v) is 18.4. The molecule has 0 bridgehead atoms. The number of rotatable bonds is 7. The molecule has 0 aliphatic rings. The summed E-state index contributed by atoms with van der Waals surface area (Å²) in [6, 6.07) is 5.92. The fourth-order valence-electron chi connectivity index (χ4n) is 3.06. The Labute approximate surface area is 176 Å². The minimum atomic E-state index is -0.940. The number of carbonyl (C=O) groups is 3. The predicted molar refractivity (Wildman–Crippen MR) is 114 cm³/mol.